The summed E-state index contributed by atoms with van der Waals surface area (Å²) in [6, 6.07) is 8.10. The number of ether oxygens (including phenoxy) is 2. The molecule has 0 aliphatic carbocycles. The highest BCUT2D eigenvalue weighted by Crippen LogP contribution is 2.28. The third-order valence-corrected chi connectivity index (χ3v) is 3.11. The standard InChI is InChI=1S/C17H19NO5/c1-3-21-16-9-13(10-19)6-7-15(16)23-11-17(20)18-12(2)14-5-4-8-22-14/h4-10,12H,3,11H2,1-2H3,(H,18,20)/t12-/m1/s1. The van der Waals surface area contributed by atoms with E-state index < -0.39 is 0 Å². The van der Waals surface area contributed by atoms with Crippen molar-refractivity contribution in [3.63, 3.8) is 0 Å². The van der Waals surface area contributed by atoms with Gasteiger partial charge in [0.2, 0.25) is 0 Å². The largest absolute Gasteiger partial charge is 0.490 e. The van der Waals surface area contributed by atoms with Crippen LogP contribution in [-0.2, 0) is 4.79 Å². The minimum atomic E-state index is -0.282. The van der Waals surface area contributed by atoms with Crippen LogP contribution in [0.1, 0.15) is 36.0 Å². The van der Waals surface area contributed by atoms with Crippen LogP contribution in [0.3, 0.4) is 0 Å². The van der Waals surface area contributed by atoms with Crippen LogP contribution < -0.4 is 14.8 Å². The number of carbonyl (C=O) groups excluding carboxylic acids is 2. The van der Waals surface area contributed by atoms with Crippen molar-refractivity contribution in [2.24, 2.45) is 0 Å². The van der Waals surface area contributed by atoms with Gasteiger partial charge in [-0.05, 0) is 44.2 Å². The molecule has 0 spiro atoms. The normalized spacial score (nSPS) is 11.6. The highest BCUT2D eigenvalue weighted by molar-refractivity contribution is 5.78. The second kappa shape index (κ2) is 8.03. The van der Waals surface area contributed by atoms with Crippen molar-refractivity contribution < 1.29 is 23.5 Å². The number of benzene rings is 1. The third-order valence-electron chi connectivity index (χ3n) is 3.11. The zero-order chi connectivity index (χ0) is 16.7. The molecule has 0 radical (unpaired) electrons. The van der Waals surface area contributed by atoms with Gasteiger partial charge < -0.3 is 19.2 Å². The van der Waals surface area contributed by atoms with Crippen molar-refractivity contribution >= 4 is 12.2 Å². The van der Waals surface area contributed by atoms with E-state index in [9.17, 15) is 9.59 Å². The fraction of sp³-hybridized carbons (Fsp3) is 0.294. The molecular formula is C17H19NO5. The van der Waals surface area contributed by atoms with E-state index in [1.165, 1.54) is 0 Å². The maximum atomic E-state index is 11.9. The first-order valence-corrected chi connectivity index (χ1v) is 7.31. The van der Waals surface area contributed by atoms with E-state index in [0.717, 1.165) is 6.29 Å². The van der Waals surface area contributed by atoms with Gasteiger partial charge in [0.15, 0.2) is 18.1 Å². The molecule has 0 aliphatic rings. The second-order valence-electron chi connectivity index (χ2n) is 4.85. The zero-order valence-corrected chi connectivity index (χ0v) is 13.1. The third kappa shape index (κ3) is 4.60. The first-order chi connectivity index (χ1) is 11.1. The molecule has 1 aromatic carbocycles. The van der Waals surface area contributed by atoms with Gasteiger partial charge >= 0.3 is 0 Å². The van der Waals surface area contributed by atoms with Gasteiger partial charge in [-0.2, -0.15) is 0 Å². The van der Waals surface area contributed by atoms with Crippen molar-refractivity contribution in [2.45, 2.75) is 19.9 Å². The molecule has 6 nitrogen and oxygen atoms in total. The molecule has 1 amide bonds. The Morgan fingerprint density at radius 3 is 2.78 bits per heavy atom. The van der Waals surface area contributed by atoms with Gasteiger partial charge in [-0.3, -0.25) is 9.59 Å². The van der Waals surface area contributed by atoms with Crippen LogP contribution in [-0.4, -0.2) is 25.4 Å². The molecule has 6 heteroatoms. The Labute approximate surface area is 134 Å². The molecule has 0 aliphatic heterocycles. The average Bonchev–Trinajstić information content (AvgIpc) is 3.08. The van der Waals surface area contributed by atoms with Crippen LogP contribution in [0.5, 0.6) is 11.5 Å². The van der Waals surface area contributed by atoms with Crippen molar-refractivity contribution in [2.75, 3.05) is 13.2 Å². The first-order valence-electron chi connectivity index (χ1n) is 7.31. The molecule has 0 fully saturated rings. The fourth-order valence-electron chi connectivity index (χ4n) is 2.02. The molecule has 1 atom stereocenters. The number of nitrogens with one attached hydrogen (secondary N) is 1. The number of furan rings is 1. The Morgan fingerprint density at radius 2 is 2.13 bits per heavy atom. The smallest absolute Gasteiger partial charge is 0.258 e. The summed E-state index contributed by atoms with van der Waals surface area (Å²) in [4.78, 5) is 22.7. The Hall–Kier alpha value is -2.76. The summed E-state index contributed by atoms with van der Waals surface area (Å²) in [7, 11) is 0. The summed E-state index contributed by atoms with van der Waals surface area (Å²) in [5, 5.41) is 2.77. The molecule has 0 bridgehead atoms. The number of hydrogen-bond acceptors (Lipinski definition) is 5. The van der Waals surface area contributed by atoms with E-state index in [-0.39, 0.29) is 18.6 Å². The van der Waals surface area contributed by atoms with Gasteiger partial charge in [-0.25, -0.2) is 0 Å². The first kappa shape index (κ1) is 16.6. The lowest BCUT2D eigenvalue weighted by Crippen LogP contribution is -2.31. The summed E-state index contributed by atoms with van der Waals surface area (Å²) in [5.41, 5.74) is 0.483. The number of carbonyl (C=O) groups is 2. The van der Waals surface area contributed by atoms with Crippen LogP contribution in [0.2, 0.25) is 0 Å². The molecule has 122 valence electrons. The number of amides is 1. The molecule has 1 N–H and O–H groups in total. The molecule has 0 saturated carbocycles. The number of rotatable bonds is 8. The summed E-state index contributed by atoms with van der Waals surface area (Å²) in [6.07, 6.45) is 2.28. The highest BCUT2D eigenvalue weighted by atomic mass is 16.5. The number of hydrogen-bond donors (Lipinski definition) is 1. The molecule has 0 saturated heterocycles. The van der Waals surface area contributed by atoms with Crippen molar-refractivity contribution in [1.82, 2.24) is 5.32 Å². The van der Waals surface area contributed by atoms with Crippen LogP contribution >= 0.6 is 0 Å². The monoisotopic (exact) mass is 317 g/mol. The predicted molar refractivity (Wildman–Crippen MR) is 83.8 cm³/mol. The lowest BCUT2D eigenvalue weighted by atomic mass is 10.2. The minimum absolute atomic E-state index is 0.161. The Kier molecular flexibility index (Phi) is 5.80. The van der Waals surface area contributed by atoms with E-state index in [1.54, 1.807) is 36.6 Å². The predicted octanol–water partition coefficient (Wildman–Crippen LogP) is 2.75. The maximum Gasteiger partial charge on any atom is 0.258 e. The lowest BCUT2D eigenvalue weighted by molar-refractivity contribution is -0.123. The van der Waals surface area contributed by atoms with Gasteiger partial charge in [0, 0.05) is 5.56 Å². The van der Waals surface area contributed by atoms with Gasteiger partial charge in [0.25, 0.3) is 5.91 Å². The van der Waals surface area contributed by atoms with E-state index in [2.05, 4.69) is 5.32 Å². The Balaban J connectivity index is 1.94. The minimum Gasteiger partial charge on any atom is -0.490 e. The molecule has 0 unspecified atom stereocenters. The van der Waals surface area contributed by atoms with Gasteiger partial charge in [-0.15, -0.1) is 0 Å². The Morgan fingerprint density at radius 1 is 1.30 bits per heavy atom. The molecule has 2 aromatic rings. The van der Waals surface area contributed by atoms with Crippen LogP contribution in [0.15, 0.2) is 41.0 Å². The lowest BCUT2D eigenvalue weighted by Gasteiger charge is -2.14. The van der Waals surface area contributed by atoms with Gasteiger partial charge in [-0.1, -0.05) is 0 Å². The quantitative estimate of drug-likeness (QED) is 0.757. The SMILES string of the molecule is CCOc1cc(C=O)ccc1OCC(=O)N[C@H](C)c1ccco1. The summed E-state index contributed by atoms with van der Waals surface area (Å²) in [6.45, 7) is 3.92. The summed E-state index contributed by atoms with van der Waals surface area (Å²) < 4.78 is 16.1. The Bertz CT molecular complexity index is 651. The van der Waals surface area contributed by atoms with Gasteiger partial charge in [0.05, 0.1) is 18.9 Å². The molecule has 23 heavy (non-hydrogen) atoms. The van der Waals surface area contributed by atoms with E-state index >= 15 is 0 Å². The van der Waals surface area contributed by atoms with Crippen molar-refractivity contribution in [3.05, 3.63) is 47.9 Å². The summed E-state index contributed by atoms with van der Waals surface area (Å²) in [5.74, 6) is 1.24. The zero-order valence-electron chi connectivity index (χ0n) is 13.1. The molecule has 1 heterocycles. The molecule has 1 aromatic heterocycles. The average molecular weight is 317 g/mol. The van der Waals surface area contributed by atoms with E-state index in [0.29, 0.717) is 29.4 Å². The topological polar surface area (TPSA) is 77.8 Å². The second-order valence-corrected chi connectivity index (χ2v) is 4.85. The van der Waals surface area contributed by atoms with Crippen LogP contribution in [0.4, 0.5) is 0 Å². The van der Waals surface area contributed by atoms with E-state index in [4.69, 9.17) is 13.9 Å². The molecule has 2 rings (SSSR count). The van der Waals surface area contributed by atoms with Crippen molar-refractivity contribution in [1.29, 1.82) is 0 Å². The van der Waals surface area contributed by atoms with Crippen molar-refractivity contribution in [3.8, 4) is 11.5 Å². The maximum absolute atomic E-state index is 11.9. The highest BCUT2D eigenvalue weighted by Gasteiger charge is 2.13. The summed E-state index contributed by atoms with van der Waals surface area (Å²) >= 11 is 0. The number of aldehydes is 1. The van der Waals surface area contributed by atoms with Crippen LogP contribution in [0.25, 0.3) is 0 Å². The molecular weight excluding hydrogens is 298 g/mol. The van der Waals surface area contributed by atoms with Crippen LogP contribution in [0, 0.1) is 0 Å². The van der Waals surface area contributed by atoms with E-state index in [1.807, 2.05) is 13.8 Å². The van der Waals surface area contributed by atoms with Gasteiger partial charge in [0.1, 0.15) is 12.0 Å². The fourth-order valence-corrected chi connectivity index (χ4v) is 2.02.